The van der Waals surface area contributed by atoms with Crippen molar-refractivity contribution in [3.05, 3.63) is 24.0 Å². The van der Waals surface area contributed by atoms with Gasteiger partial charge in [-0.25, -0.2) is 4.98 Å². The number of aryl methyl sites for hydroxylation is 1. The van der Waals surface area contributed by atoms with Gasteiger partial charge in [-0.1, -0.05) is 26.8 Å². The molecule has 5 heteroatoms. The molecule has 2 rings (SSSR count). The highest BCUT2D eigenvalue weighted by atomic mass is 16.5. The first-order chi connectivity index (χ1) is 9.84. The van der Waals surface area contributed by atoms with E-state index in [4.69, 9.17) is 15.5 Å². The molecule has 0 saturated heterocycles. The molecule has 0 unspecified atom stereocenters. The highest BCUT2D eigenvalue weighted by Gasteiger charge is 2.23. The van der Waals surface area contributed by atoms with Crippen molar-refractivity contribution in [2.75, 3.05) is 12.3 Å². The van der Waals surface area contributed by atoms with Crippen LogP contribution in [0.2, 0.25) is 0 Å². The van der Waals surface area contributed by atoms with Gasteiger partial charge in [-0.05, 0) is 19.1 Å². The van der Waals surface area contributed by atoms with E-state index in [1.165, 1.54) is 0 Å². The predicted molar refractivity (Wildman–Crippen MR) is 84.1 cm³/mol. The summed E-state index contributed by atoms with van der Waals surface area (Å²) in [5.41, 5.74) is 8.31. The maximum atomic E-state index is 11.6. The second kappa shape index (κ2) is 5.76. The lowest BCUT2D eigenvalue weighted by molar-refractivity contribution is -0.143. The van der Waals surface area contributed by atoms with E-state index in [0.29, 0.717) is 25.3 Å². The molecule has 1 aromatic heterocycles. The number of carbonyl (C=O) groups excluding carboxylic acids is 1. The molecule has 1 heterocycles. The molecular weight excluding hydrogens is 266 g/mol. The van der Waals surface area contributed by atoms with Gasteiger partial charge in [0.1, 0.15) is 11.3 Å². The summed E-state index contributed by atoms with van der Waals surface area (Å²) >= 11 is 0. The molecule has 0 amide bonds. The first kappa shape index (κ1) is 15.4. The number of rotatable bonds is 4. The van der Waals surface area contributed by atoms with Crippen molar-refractivity contribution < 1.29 is 9.53 Å². The summed E-state index contributed by atoms with van der Waals surface area (Å²) in [4.78, 5) is 16.3. The van der Waals surface area contributed by atoms with E-state index in [2.05, 4.69) is 25.3 Å². The molecule has 2 aromatic rings. The molecule has 0 bridgehead atoms. The first-order valence-electron chi connectivity index (χ1n) is 7.25. The number of nitrogens with two attached hydrogens (primary N) is 1. The molecule has 0 aliphatic heterocycles. The lowest BCUT2D eigenvalue weighted by Crippen LogP contribution is -2.20. The fourth-order valence-electron chi connectivity index (χ4n) is 2.40. The quantitative estimate of drug-likeness (QED) is 0.694. The summed E-state index contributed by atoms with van der Waals surface area (Å²) in [7, 11) is 0. The van der Waals surface area contributed by atoms with Gasteiger partial charge in [0.2, 0.25) is 0 Å². The molecule has 114 valence electrons. The predicted octanol–water partition coefficient (Wildman–Crippen LogP) is 2.87. The fraction of sp³-hybridized carbons (Fsp3) is 0.500. The van der Waals surface area contributed by atoms with Gasteiger partial charge in [-0.3, -0.25) is 4.79 Å². The molecule has 0 fully saturated rings. The van der Waals surface area contributed by atoms with Crippen molar-refractivity contribution in [3.8, 4) is 0 Å². The van der Waals surface area contributed by atoms with Gasteiger partial charge in [0.25, 0.3) is 0 Å². The van der Waals surface area contributed by atoms with Gasteiger partial charge in [-0.15, -0.1) is 0 Å². The fourth-order valence-corrected chi connectivity index (χ4v) is 2.40. The number of para-hydroxylation sites is 1. The summed E-state index contributed by atoms with van der Waals surface area (Å²) in [6, 6.07) is 5.74. The van der Waals surface area contributed by atoms with Crippen LogP contribution in [0.25, 0.3) is 11.0 Å². The zero-order chi connectivity index (χ0) is 15.6. The van der Waals surface area contributed by atoms with Crippen molar-refractivity contribution in [2.24, 2.45) is 0 Å². The molecular formula is C16H23N3O2. The lowest BCUT2D eigenvalue weighted by Gasteiger charge is -2.20. The molecule has 0 saturated carbocycles. The van der Waals surface area contributed by atoms with Crippen LogP contribution in [0, 0.1) is 0 Å². The Kier molecular flexibility index (Phi) is 4.21. The SMILES string of the molecule is CCOC(=O)CCn1c(C(C)(C)C)nc2c(N)cccc21. The number of anilines is 1. The molecule has 0 radical (unpaired) electrons. The maximum absolute atomic E-state index is 11.6. The topological polar surface area (TPSA) is 70.1 Å². The van der Waals surface area contributed by atoms with Crippen molar-refractivity contribution in [1.29, 1.82) is 0 Å². The van der Waals surface area contributed by atoms with Crippen molar-refractivity contribution in [3.63, 3.8) is 0 Å². The molecule has 0 atom stereocenters. The van der Waals surface area contributed by atoms with E-state index in [0.717, 1.165) is 16.9 Å². The van der Waals surface area contributed by atoms with E-state index in [-0.39, 0.29) is 11.4 Å². The van der Waals surface area contributed by atoms with Gasteiger partial charge in [0.05, 0.1) is 24.2 Å². The molecule has 0 aliphatic rings. The van der Waals surface area contributed by atoms with Crippen molar-refractivity contribution >= 4 is 22.7 Å². The Labute approximate surface area is 125 Å². The Hall–Kier alpha value is -2.04. The van der Waals surface area contributed by atoms with E-state index in [1.54, 1.807) is 0 Å². The average Bonchev–Trinajstić information content (AvgIpc) is 2.77. The van der Waals surface area contributed by atoms with E-state index in [9.17, 15) is 4.79 Å². The smallest absolute Gasteiger partial charge is 0.307 e. The summed E-state index contributed by atoms with van der Waals surface area (Å²) in [5, 5.41) is 0. The Morgan fingerprint density at radius 3 is 2.71 bits per heavy atom. The number of hydrogen-bond donors (Lipinski definition) is 1. The average molecular weight is 289 g/mol. The Balaban J connectivity index is 2.44. The largest absolute Gasteiger partial charge is 0.466 e. The van der Waals surface area contributed by atoms with Crippen LogP contribution in [-0.2, 0) is 21.5 Å². The maximum Gasteiger partial charge on any atom is 0.307 e. The zero-order valence-corrected chi connectivity index (χ0v) is 13.1. The standard InChI is InChI=1S/C16H23N3O2/c1-5-21-13(20)9-10-19-12-8-6-7-11(17)14(12)18-15(19)16(2,3)4/h6-8H,5,9-10,17H2,1-4H3. The molecule has 21 heavy (non-hydrogen) atoms. The van der Waals surface area contributed by atoms with Crippen molar-refractivity contribution in [2.45, 2.75) is 46.1 Å². The number of benzene rings is 1. The Morgan fingerprint density at radius 2 is 2.10 bits per heavy atom. The molecule has 1 aromatic carbocycles. The number of aromatic nitrogens is 2. The molecule has 0 spiro atoms. The minimum atomic E-state index is -0.192. The second-order valence-corrected chi connectivity index (χ2v) is 6.11. The summed E-state index contributed by atoms with van der Waals surface area (Å²) < 4.78 is 7.08. The minimum Gasteiger partial charge on any atom is -0.466 e. The normalized spacial score (nSPS) is 11.8. The third kappa shape index (κ3) is 3.17. The number of ether oxygens (including phenoxy) is 1. The molecule has 2 N–H and O–H groups in total. The summed E-state index contributed by atoms with van der Waals surface area (Å²) in [5.74, 6) is 0.739. The number of esters is 1. The van der Waals surface area contributed by atoms with E-state index < -0.39 is 0 Å². The molecule has 0 aliphatic carbocycles. The van der Waals surface area contributed by atoms with Crippen LogP contribution in [0.4, 0.5) is 5.69 Å². The van der Waals surface area contributed by atoms with Crippen LogP contribution in [0.1, 0.15) is 39.9 Å². The third-order valence-electron chi connectivity index (χ3n) is 3.33. The van der Waals surface area contributed by atoms with Gasteiger partial charge in [0, 0.05) is 12.0 Å². The monoisotopic (exact) mass is 289 g/mol. The number of carbonyl (C=O) groups is 1. The highest BCUT2D eigenvalue weighted by Crippen LogP contribution is 2.29. The summed E-state index contributed by atoms with van der Waals surface area (Å²) in [6.07, 6.45) is 0.331. The third-order valence-corrected chi connectivity index (χ3v) is 3.33. The lowest BCUT2D eigenvalue weighted by atomic mass is 9.95. The minimum absolute atomic E-state index is 0.125. The summed E-state index contributed by atoms with van der Waals surface area (Å²) in [6.45, 7) is 9.07. The molecule has 5 nitrogen and oxygen atoms in total. The van der Waals surface area contributed by atoms with Crippen LogP contribution < -0.4 is 5.73 Å². The highest BCUT2D eigenvalue weighted by molar-refractivity contribution is 5.87. The van der Waals surface area contributed by atoms with Crippen molar-refractivity contribution in [1.82, 2.24) is 9.55 Å². The number of nitrogens with zero attached hydrogens (tertiary/aromatic N) is 2. The first-order valence-corrected chi connectivity index (χ1v) is 7.25. The van der Waals surface area contributed by atoms with E-state index in [1.807, 2.05) is 25.1 Å². The second-order valence-electron chi connectivity index (χ2n) is 6.11. The zero-order valence-electron chi connectivity index (χ0n) is 13.1. The number of imidazole rings is 1. The number of hydrogen-bond acceptors (Lipinski definition) is 4. The number of fused-ring (bicyclic) bond motifs is 1. The van der Waals surface area contributed by atoms with Gasteiger partial charge in [-0.2, -0.15) is 0 Å². The van der Waals surface area contributed by atoms with Gasteiger partial charge >= 0.3 is 5.97 Å². The Bertz CT molecular complexity index is 653. The van der Waals surface area contributed by atoms with Crippen LogP contribution >= 0.6 is 0 Å². The Morgan fingerprint density at radius 1 is 1.38 bits per heavy atom. The van der Waals surface area contributed by atoms with Crippen LogP contribution in [0.5, 0.6) is 0 Å². The van der Waals surface area contributed by atoms with Gasteiger partial charge < -0.3 is 15.0 Å². The van der Waals surface area contributed by atoms with Gasteiger partial charge in [0.15, 0.2) is 0 Å². The number of nitrogen functional groups attached to an aromatic ring is 1. The van der Waals surface area contributed by atoms with Crippen LogP contribution in [-0.4, -0.2) is 22.1 Å². The van der Waals surface area contributed by atoms with Crippen LogP contribution in [0.3, 0.4) is 0 Å². The van der Waals surface area contributed by atoms with E-state index >= 15 is 0 Å². The van der Waals surface area contributed by atoms with Crippen LogP contribution in [0.15, 0.2) is 18.2 Å².